The normalized spacial score (nSPS) is 13.1. The minimum atomic E-state index is 0.353. The monoisotopic (exact) mass is 220 g/mol. The number of unbranched alkanes of at least 4 members (excludes halogenated alkanes) is 1. The second-order valence-corrected chi connectivity index (χ2v) is 4.50. The zero-order chi connectivity index (χ0) is 12.0. The van der Waals surface area contributed by atoms with Crippen LogP contribution in [0.15, 0.2) is 24.3 Å². The predicted octanol–water partition coefficient (Wildman–Crippen LogP) is 2.73. The summed E-state index contributed by atoms with van der Waals surface area (Å²) >= 11 is 0. The van der Waals surface area contributed by atoms with Crippen molar-refractivity contribution in [3.8, 4) is 0 Å². The highest BCUT2D eigenvalue weighted by atomic mass is 15.1. The Balaban J connectivity index is 2.73. The topological polar surface area (TPSA) is 29.3 Å². The number of rotatable bonds is 6. The Hall–Kier alpha value is -0.860. The largest absolute Gasteiger partial charge is 0.329 e. The summed E-state index contributed by atoms with van der Waals surface area (Å²) in [4.78, 5) is 2.36. The van der Waals surface area contributed by atoms with E-state index < -0.39 is 0 Å². The SMILES string of the molecule is CCCCN(C)C(CN)c1cccc(C)c1. The molecule has 0 spiro atoms. The zero-order valence-corrected chi connectivity index (χ0v) is 10.7. The van der Waals surface area contributed by atoms with Crippen molar-refractivity contribution < 1.29 is 0 Å². The Morgan fingerprint density at radius 1 is 1.38 bits per heavy atom. The van der Waals surface area contributed by atoms with Gasteiger partial charge in [-0.3, -0.25) is 4.90 Å². The molecular formula is C14H24N2. The van der Waals surface area contributed by atoms with Gasteiger partial charge in [0.1, 0.15) is 0 Å². The molecule has 1 atom stereocenters. The van der Waals surface area contributed by atoms with Gasteiger partial charge in [-0.2, -0.15) is 0 Å². The fraction of sp³-hybridized carbons (Fsp3) is 0.571. The van der Waals surface area contributed by atoms with Gasteiger partial charge in [0, 0.05) is 12.6 Å². The highest BCUT2D eigenvalue weighted by molar-refractivity contribution is 5.25. The lowest BCUT2D eigenvalue weighted by atomic mass is 10.0. The summed E-state index contributed by atoms with van der Waals surface area (Å²) < 4.78 is 0. The molecule has 0 saturated carbocycles. The summed E-state index contributed by atoms with van der Waals surface area (Å²) in [6.45, 7) is 6.15. The van der Waals surface area contributed by atoms with Crippen molar-refractivity contribution in [1.82, 2.24) is 4.90 Å². The summed E-state index contributed by atoms with van der Waals surface area (Å²) in [5.41, 5.74) is 8.53. The van der Waals surface area contributed by atoms with Crippen LogP contribution in [0.2, 0.25) is 0 Å². The molecule has 0 aromatic heterocycles. The average Bonchev–Trinajstić information content (AvgIpc) is 2.27. The smallest absolute Gasteiger partial charge is 0.0467 e. The molecule has 2 N–H and O–H groups in total. The van der Waals surface area contributed by atoms with Crippen LogP contribution in [0.25, 0.3) is 0 Å². The molecule has 0 heterocycles. The highest BCUT2D eigenvalue weighted by Crippen LogP contribution is 2.19. The van der Waals surface area contributed by atoms with E-state index in [-0.39, 0.29) is 0 Å². The van der Waals surface area contributed by atoms with E-state index in [1.54, 1.807) is 0 Å². The van der Waals surface area contributed by atoms with Crippen LogP contribution in [0.4, 0.5) is 0 Å². The second-order valence-electron chi connectivity index (χ2n) is 4.50. The van der Waals surface area contributed by atoms with E-state index in [1.165, 1.54) is 24.0 Å². The molecule has 90 valence electrons. The summed E-state index contributed by atoms with van der Waals surface area (Å²) in [6, 6.07) is 9.00. The Kier molecular flexibility index (Phi) is 5.50. The van der Waals surface area contributed by atoms with Gasteiger partial charge < -0.3 is 5.73 Å². The van der Waals surface area contributed by atoms with Gasteiger partial charge in [0.05, 0.1) is 0 Å². The number of hydrogen-bond donors (Lipinski definition) is 1. The van der Waals surface area contributed by atoms with Gasteiger partial charge in [-0.25, -0.2) is 0 Å². The van der Waals surface area contributed by atoms with Crippen molar-refractivity contribution in [2.45, 2.75) is 32.7 Å². The van der Waals surface area contributed by atoms with Crippen molar-refractivity contribution in [2.24, 2.45) is 5.73 Å². The first-order valence-electron chi connectivity index (χ1n) is 6.16. The second kappa shape index (κ2) is 6.66. The lowest BCUT2D eigenvalue weighted by Crippen LogP contribution is -2.31. The van der Waals surface area contributed by atoms with Crippen LogP contribution in [-0.4, -0.2) is 25.0 Å². The number of aryl methyl sites for hydroxylation is 1. The van der Waals surface area contributed by atoms with Crippen molar-refractivity contribution >= 4 is 0 Å². The Morgan fingerprint density at radius 2 is 2.12 bits per heavy atom. The number of likely N-dealkylation sites (N-methyl/N-ethyl adjacent to an activating group) is 1. The van der Waals surface area contributed by atoms with E-state index in [1.807, 2.05) is 0 Å². The molecule has 0 amide bonds. The van der Waals surface area contributed by atoms with Gasteiger partial charge in [-0.1, -0.05) is 43.2 Å². The van der Waals surface area contributed by atoms with Gasteiger partial charge in [0.2, 0.25) is 0 Å². The average molecular weight is 220 g/mol. The molecule has 16 heavy (non-hydrogen) atoms. The highest BCUT2D eigenvalue weighted by Gasteiger charge is 2.14. The van der Waals surface area contributed by atoms with Gasteiger partial charge in [-0.15, -0.1) is 0 Å². The van der Waals surface area contributed by atoms with E-state index in [4.69, 9.17) is 5.73 Å². The number of nitrogens with zero attached hydrogens (tertiary/aromatic N) is 1. The molecule has 0 aliphatic heterocycles. The molecule has 0 saturated heterocycles. The maximum absolute atomic E-state index is 5.89. The van der Waals surface area contributed by atoms with Crippen LogP contribution in [0.5, 0.6) is 0 Å². The fourth-order valence-electron chi connectivity index (χ4n) is 2.01. The number of hydrogen-bond acceptors (Lipinski definition) is 2. The summed E-state index contributed by atoms with van der Waals surface area (Å²) in [5, 5.41) is 0. The van der Waals surface area contributed by atoms with Gasteiger partial charge in [-0.05, 0) is 32.5 Å². The first kappa shape index (κ1) is 13.2. The van der Waals surface area contributed by atoms with Gasteiger partial charge >= 0.3 is 0 Å². The molecule has 0 aliphatic carbocycles. The van der Waals surface area contributed by atoms with Crippen LogP contribution < -0.4 is 5.73 Å². The predicted molar refractivity (Wildman–Crippen MR) is 70.5 cm³/mol. The molecule has 1 rings (SSSR count). The van der Waals surface area contributed by atoms with Crippen LogP contribution in [-0.2, 0) is 0 Å². The molecule has 1 aromatic carbocycles. The van der Waals surface area contributed by atoms with Gasteiger partial charge in [0.25, 0.3) is 0 Å². The maximum Gasteiger partial charge on any atom is 0.0467 e. The molecule has 0 aliphatic rings. The standard InChI is InChI=1S/C14H24N2/c1-4-5-9-16(3)14(11-15)13-8-6-7-12(2)10-13/h6-8,10,14H,4-5,9,11,15H2,1-3H3. The Labute approximate surface area is 99.5 Å². The minimum Gasteiger partial charge on any atom is -0.329 e. The molecule has 0 fully saturated rings. The minimum absolute atomic E-state index is 0.353. The number of benzene rings is 1. The van der Waals surface area contributed by atoms with Crippen molar-refractivity contribution in [2.75, 3.05) is 20.1 Å². The third kappa shape index (κ3) is 3.62. The lowest BCUT2D eigenvalue weighted by molar-refractivity contribution is 0.246. The van der Waals surface area contributed by atoms with E-state index in [0.29, 0.717) is 12.6 Å². The van der Waals surface area contributed by atoms with E-state index >= 15 is 0 Å². The third-order valence-electron chi connectivity index (χ3n) is 3.05. The zero-order valence-electron chi connectivity index (χ0n) is 10.7. The van der Waals surface area contributed by atoms with E-state index in [9.17, 15) is 0 Å². The van der Waals surface area contributed by atoms with Crippen molar-refractivity contribution in [3.05, 3.63) is 35.4 Å². The molecular weight excluding hydrogens is 196 g/mol. The van der Waals surface area contributed by atoms with Crippen molar-refractivity contribution in [1.29, 1.82) is 0 Å². The summed E-state index contributed by atoms with van der Waals surface area (Å²) in [7, 11) is 2.16. The molecule has 0 radical (unpaired) electrons. The Bertz CT molecular complexity index is 309. The van der Waals surface area contributed by atoms with Crippen LogP contribution >= 0.6 is 0 Å². The van der Waals surface area contributed by atoms with Gasteiger partial charge in [0.15, 0.2) is 0 Å². The van der Waals surface area contributed by atoms with E-state index in [2.05, 4.69) is 50.1 Å². The van der Waals surface area contributed by atoms with Crippen LogP contribution in [0.1, 0.15) is 36.9 Å². The number of nitrogens with two attached hydrogens (primary N) is 1. The van der Waals surface area contributed by atoms with Crippen LogP contribution in [0, 0.1) is 6.92 Å². The quantitative estimate of drug-likeness (QED) is 0.798. The third-order valence-corrected chi connectivity index (χ3v) is 3.05. The Morgan fingerprint density at radius 3 is 2.69 bits per heavy atom. The molecule has 1 aromatic rings. The maximum atomic E-state index is 5.89. The molecule has 0 bridgehead atoms. The van der Waals surface area contributed by atoms with Crippen molar-refractivity contribution in [3.63, 3.8) is 0 Å². The lowest BCUT2D eigenvalue weighted by Gasteiger charge is -2.27. The first-order valence-corrected chi connectivity index (χ1v) is 6.16. The van der Waals surface area contributed by atoms with E-state index in [0.717, 1.165) is 6.54 Å². The first-order chi connectivity index (χ1) is 7.69. The molecule has 1 unspecified atom stereocenters. The summed E-state index contributed by atoms with van der Waals surface area (Å²) in [6.07, 6.45) is 2.47. The summed E-state index contributed by atoms with van der Waals surface area (Å²) in [5.74, 6) is 0. The molecule has 2 nitrogen and oxygen atoms in total. The van der Waals surface area contributed by atoms with Crippen LogP contribution in [0.3, 0.4) is 0 Å². The fourth-order valence-corrected chi connectivity index (χ4v) is 2.01. The molecule has 2 heteroatoms.